The Morgan fingerprint density at radius 3 is 2.52 bits per heavy atom. The number of nitrogens with one attached hydrogen (secondary N) is 3. The minimum absolute atomic E-state index is 0.0683. The zero-order valence-electron chi connectivity index (χ0n) is 17.3. The second-order valence-corrected chi connectivity index (χ2v) is 6.98. The topological polar surface area (TPSA) is 92.6 Å². The van der Waals surface area contributed by atoms with E-state index >= 15 is 0 Å². The third kappa shape index (κ3) is 6.78. The highest BCUT2D eigenvalue weighted by atomic mass is 16.5. The molecule has 0 aliphatic heterocycles. The van der Waals surface area contributed by atoms with Crippen molar-refractivity contribution in [1.82, 2.24) is 5.32 Å². The molecule has 2 aromatic carbocycles. The number of benzene rings is 2. The predicted octanol–water partition coefficient (Wildman–Crippen LogP) is 4.22. The summed E-state index contributed by atoms with van der Waals surface area (Å²) in [6.07, 6.45) is 1.56. The first-order valence-electron chi connectivity index (χ1n) is 9.82. The van der Waals surface area contributed by atoms with Crippen molar-refractivity contribution < 1.29 is 18.7 Å². The molecule has 2 amide bonds. The third-order valence-corrected chi connectivity index (χ3v) is 4.24. The van der Waals surface area contributed by atoms with Gasteiger partial charge in [0.1, 0.15) is 18.1 Å². The van der Waals surface area contributed by atoms with Gasteiger partial charge in [0.15, 0.2) is 0 Å². The standard InChI is InChI=1S/C24H25N3O4/c1-17(2)16-31-22-8-4-3-7-21(22)27-23(28)15-25-19-11-9-18(10-12-19)24(29)26-14-20-6-5-13-30-20/h3-13,25H,1,14-16H2,2H3,(H,26,29)(H,27,28). The van der Waals surface area contributed by atoms with Crippen molar-refractivity contribution in [3.8, 4) is 5.75 Å². The van der Waals surface area contributed by atoms with E-state index < -0.39 is 0 Å². The van der Waals surface area contributed by atoms with Crippen LogP contribution in [0.15, 0.2) is 83.5 Å². The van der Waals surface area contributed by atoms with E-state index in [1.807, 2.05) is 19.1 Å². The Bertz CT molecular complexity index is 1030. The molecule has 3 rings (SSSR count). The lowest BCUT2D eigenvalue weighted by Crippen LogP contribution is -2.23. The number of ether oxygens (including phenoxy) is 1. The summed E-state index contributed by atoms with van der Waals surface area (Å²) in [5.41, 5.74) is 2.73. The quantitative estimate of drug-likeness (QED) is 0.428. The molecule has 0 radical (unpaired) electrons. The number of carbonyl (C=O) groups excluding carboxylic acids is 2. The average Bonchev–Trinajstić information content (AvgIpc) is 3.29. The molecule has 0 unspecified atom stereocenters. The van der Waals surface area contributed by atoms with Gasteiger partial charge in [-0.1, -0.05) is 18.7 Å². The van der Waals surface area contributed by atoms with Crippen LogP contribution in [0.25, 0.3) is 0 Å². The largest absolute Gasteiger partial charge is 0.487 e. The number of rotatable bonds is 10. The highest BCUT2D eigenvalue weighted by Crippen LogP contribution is 2.24. The lowest BCUT2D eigenvalue weighted by Gasteiger charge is -2.13. The molecule has 1 heterocycles. The molecule has 0 aliphatic carbocycles. The number of furan rings is 1. The zero-order valence-corrected chi connectivity index (χ0v) is 17.3. The Hall–Kier alpha value is -4.00. The molecule has 160 valence electrons. The van der Waals surface area contributed by atoms with Gasteiger partial charge in [0.25, 0.3) is 5.91 Å². The maximum atomic E-state index is 12.3. The van der Waals surface area contributed by atoms with E-state index in [0.29, 0.717) is 35.9 Å². The Kier molecular flexibility index (Phi) is 7.48. The number of carbonyl (C=O) groups is 2. The molecule has 0 atom stereocenters. The minimum atomic E-state index is -0.216. The lowest BCUT2D eigenvalue weighted by atomic mass is 10.2. The smallest absolute Gasteiger partial charge is 0.251 e. The van der Waals surface area contributed by atoms with Gasteiger partial charge in [0.2, 0.25) is 5.91 Å². The van der Waals surface area contributed by atoms with Crippen LogP contribution in [0.3, 0.4) is 0 Å². The van der Waals surface area contributed by atoms with Gasteiger partial charge in [0, 0.05) is 11.3 Å². The summed E-state index contributed by atoms with van der Waals surface area (Å²) < 4.78 is 10.9. The minimum Gasteiger partial charge on any atom is -0.487 e. The second kappa shape index (κ2) is 10.7. The normalized spacial score (nSPS) is 10.2. The van der Waals surface area contributed by atoms with Gasteiger partial charge in [0.05, 0.1) is 25.0 Å². The maximum Gasteiger partial charge on any atom is 0.251 e. The molecule has 7 heteroatoms. The van der Waals surface area contributed by atoms with Gasteiger partial charge in [-0.05, 0) is 61.0 Å². The van der Waals surface area contributed by atoms with Gasteiger partial charge in [-0.3, -0.25) is 9.59 Å². The molecular formula is C24H25N3O4. The van der Waals surface area contributed by atoms with Crippen molar-refractivity contribution in [2.75, 3.05) is 23.8 Å². The molecule has 0 aliphatic rings. The number of hydrogen-bond acceptors (Lipinski definition) is 5. The maximum absolute atomic E-state index is 12.3. The molecule has 0 saturated heterocycles. The number of hydrogen-bond donors (Lipinski definition) is 3. The van der Waals surface area contributed by atoms with Crippen LogP contribution in [0.5, 0.6) is 5.75 Å². The summed E-state index contributed by atoms with van der Waals surface area (Å²) in [6, 6.07) is 17.7. The SMILES string of the molecule is C=C(C)COc1ccccc1NC(=O)CNc1ccc(C(=O)NCc2ccco2)cc1. The fraction of sp³-hybridized carbons (Fsp3) is 0.167. The first-order valence-corrected chi connectivity index (χ1v) is 9.82. The number of anilines is 2. The van der Waals surface area contributed by atoms with Crippen LogP contribution >= 0.6 is 0 Å². The van der Waals surface area contributed by atoms with Crippen molar-refractivity contribution in [3.05, 3.63) is 90.4 Å². The summed E-state index contributed by atoms with van der Waals surface area (Å²) in [4.78, 5) is 24.5. The Labute approximate surface area is 181 Å². The van der Waals surface area contributed by atoms with Gasteiger partial charge in [-0.2, -0.15) is 0 Å². The highest BCUT2D eigenvalue weighted by Gasteiger charge is 2.09. The van der Waals surface area contributed by atoms with Crippen LogP contribution in [0.1, 0.15) is 23.0 Å². The Morgan fingerprint density at radius 2 is 1.81 bits per heavy atom. The molecule has 31 heavy (non-hydrogen) atoms. The molecule has 0 saturated carbocycles. The van der Waals surface area contributed by atoms with Crippen LogP contribution in [0, 0.1) is 0 Å². The number of para-hydroxylation sites is 2. The summed E-state index contributed by atoms with van der Waals surface area (Å²) in [7, 11) is 0. The van der Waals surface area contributed by atoms with Crippen LogP contribution in [0.4, 0.5) is 11.4 Å². The first kappa shape index (κ1) is 21.7. The van der Waals surface area contributed by atoms with Crippen molar-refractivity contribution in [1.29, 1.82) is 0 Å². The fourth-order valence-electron chi connectivity index (χ4n) is 2.70. The molecule has 7 nitrogen and oxygen atoms in total. The molecule has 3 N–H and O–H groups in total. The Balaban J connectivity index is 1.48. The van der Waals surface area contributed by atoms with Crippen molar-refractivity contribution >= 4 is 23.2 Å². The van der Waals surface area contributed by atoms with Gasteiger partial charge < -0.3 is 25.1 Å². The highest BCUT2D eigenvalue weighted by molar-refractivity contribution is 5.96. The summed E-state index contributed by atoms with van der Waals surface area (Å²) in [6.45, 7) is 6.46. The molecule has 0 spiro atoms. The third-order valence-electron chi connectivity index (χ3n) is 4.24. The van der Waals surface area contributed by atoms with E-state index in [9.17, 15) is 9.59 Å². The second-order valence-electron chi connectivity index (χ2n) is 6.98. The number of amides is 2. The summed E-state index contributed by atoms with van der Waals surface area (Å²) in [5, 5.41) is 8.66. The van der Waals surface area contributed by atoms with Crippen molar-refractivity contribution in [2.45, 2.75) is 13.5 Å². The summed E-state index contributed by atoms with van der Waals surface area (Å²) in [5.74, 6) is 0.853. The van der Waals surface area contributed by atoms with E-state index in [0.717, 1.165) is 11.3 Å². The van der Waals surface area contributed by atoms with Crippen molar-refractivity contribution in [2.24, 2.45) is 0 Å². The monoisotopic (exact) mass is 419 g/mol. The molecular weight excluding hydrogens is 394 g/mol. The average molecular weight is 419 g/mol. The van der Waals surface area contributed by atoms with E-state index in [1.54, 1.807) is 54.8 Å². The predicted molar refractivity (Wildman–Crippen MR) is 120 cm³/mol. The molecule has 0 bridgehead atoms. The van der Waals surface area contributed by atoms with Crippen LogP contribution in [-0.2, 0) is 11.3 Å². The Morgan fingerprint density at radius 1 is 1.03 bits per heavy atom. The van der Waals surface area contributed by atoms with Crippen LogP contribution in [-0.4, -0.2) is 25.0 Å². The van der Waals surface area contributed by atoms with Gasteiger partial charge in [-0.25, -0.2) is 0 Å². The van der Waals surface area contributed by atoms with Crippen LogP contribution in [0.2, 0.25) is 0 Å². The lowest BCUT2D eigenvalue weighted by molar-refractivity contribution is -0.114. The van der Waals surface area contributed by atoms with E-state index in [2.05, 4.69) is 22.5 Å². The fourth-order valence-corrected chi connectivity index (χ4v) is 2.70. The van der Waals surface area contributed by atoms with Crippen molar-refractivity contribution in [3.63, 3.8) is 0 Å². The summed E-state index contributed by atoms with van der Waals surface area (Å²) >= 11 is 0. The van der Waals surface area contributed by atoms with Crippen LogP contribution < -0.4 is 20.7 Å². The van der Waals surface area contributed by atoms with Gasteiger partial charge in [-0.15, -0.1) is 0 Å². The van der Waals surface area contributed by atoms with Gasteiger partial charge >= 0.3 is 0 Å². The van der Waals surface area contributed by atoms with E-state index in [4.69, 9.17) is 9.15 Å². The molecule has 0 fully saturated rings. The first-order chi connectivity index (χ1) is 15.0. The molecule has 1 aromatic heterocycles. The zero-order chi connectivity index (χ0) is 22.1. The molecule has 3 aromatic rings. The van der Waals surface area contributed by atoms with E-state index in [1.165, 1.54) is 0 Å². The van der Waals surface area contributed by atoms with E-state index in [-0.39, 0.29) is 18.4 Å².